The van der Waals surface area contributed by atoms with E-state index in [1.54, 1.807) is 0 Å². The summed E-state index contributed by atoms with van der Waals surface area (Å²) in [7, 11) is 0. The summed E-state index contributed by atoms with van der Waals surface area (Å²) in [6.07, 6.45) is -4.57. The van der Waals surface area contributed by atoms with Crippen molar-refractivity contribution in [3.05, 3.63) is 35.1 Å². The van der Waals surface area contributed by atoms with Crippen LogP contribution in [0.15, 0.2) is 18.2 Å². The van der Waals surface area contributed by atoms with Crippen molar-refractivity contribution in [2.45, 2.75) is 19.6 Å². The van der Waals surface area contributed by atoms with Crippen LogP contribution in [0, 0.1) is 5.82 Å². The van der Waals surface area contributed by atoms with Gasteiger partial charge in [0.15, 0.2) is 0 Å². The molecule has 0 aliphatic carbocycles. The van der Waals surface area contributed by atoms with Crippen LogP contribution < -0.4 is 10.9 Å². The molecule has 0 unspecified atom stereocenters. The van der Waals surface area contributed by atoms with E-state index in [1.165, 1.54) is 6.92 Å². The topological polar surface area (TPSA) is 41.1 Å². The van der Waals surface area contributed by atoms with E-state index in [2.05, 4.69) is 10.9 Å². The molecule has 2 N–H and O–H groups in total. The predicted octanol–water partition coefficient (Wildman–Crippen LogP) is 1.99. The van der Waals surface area contributed by atoms with Crippen molar-refractivity contribution in [1.82, 2.24) is 10.9 Å². The van der Waals surface area contributed by atoms with Crippen molar-refractivity contribution in [3.8, 4) is 0 Å². The van der Waals surface area contributed by atoms with Gasteiger partial charge in [0.2, 0.25) is 5.91 Å². The van der Waals surface area contributed by atoms with Crippen LogP contribution in [0.25, 0.3) is 0 Å². The number of carbonyl (C=O) groups is 1. The van der Waals surface area contributed by atoms with E-state index in [1.807, 2.05) is 0 Å². The Labute approximate surface area is 94.8 Å². The van der Waals surface area contributed by atoms with E-state index in [0.717, 1.165) is 12.1 Å². The van der Waals surface area contributed by atoms with E-state index >= 15 is 0 Å². The molecule has 17 heavy (non-hydrogen) atoms. The van der Waals surface area contributed by atoms with Crippen molar-refractivity contribution in [2.24, 2.45) is 0 Å². The van der Waals surface area contributed by atoms with Crippen molar-refractivity contribution in [3.63, 3.8) is 0 Å². The quantitative estimate of drug-likeness (QED) is 0.636. The maximum atomic E-state index is 13.3. The third-order valence-electron chi connectivity index (χ3n) is 1.92. The summed E-state index contributed by atoms with van der Waals surface area (Å²) in [5, 5.41) is 0. The van der Waals surface area contributed by atoms with Gasteiger partial charge in [-0.3, -0.25) is 10.2 Å². The fourth-order valence-corrected chi connectivity index (χ4v) is 1.13. The highest BCUT2D eigenvalue weighted by Gasteiger charge is 2.31. The van der Waals surface area contributed by atoms with Gasteiger partial charge in [0.1, 0.15) is 5.82 Å². The Morgan fingerprint density at radius 3 is 2.47 bits per heavy atom. The summed E-state index contributed by atoms with van der Waals surface area (Å²) >= 11 is 0. The minimum absolute atomic E-state index is 0.0340. The molecule has 7 heteroatoms. The molecule has 0 saturated heterocycles. The number of hydrazine groups is 1. The molecule has 0 saturated carbocycles. The standard InChI is InChI=1S/C10H10F4N2O/c1-6(17)16-15-5-7-2-3-8(4-9(7)11)10(12,13)14/h2-4,15H,5H2,1H3,(H,16,17). The number of nitrogens with one attached hydrogen (secondary N) is 2. The van der Waals surface area contributed by atoms with E-state index in [4.69, 9.17) is 0 Å². The van der Waals surface area contributed by atoms with Gasteiger partial charge in [-0.2, -0.15) is 13.2 Å². The van der Waals surface area contributed by atoms with Crippen LogP contribution in [0.3, 0.4) is 0 Å². The summed E-state index contributed by atoms with van der Waals surface area (Å²) in [6.45, 7) is 1.15. The Balaban J connectivity index is 2.73. The van der Waals surface area contributed by atoms with E-state index in [9.17, 15) is 22.4 Å². The van der Waals surface area contributed by atoms with Crippen molar-refractivity contribution < 1.29 is 22.4 Å². The molecule has 0 radical (unpaired) electrons. The third-order valence-corrected chi connectivity index (χ3v) is 1.92. The summed E-state index contributed by atoms with van der Waals surface area (Å²) in [5.74, 6) is -1.35. The van der Waals surface area contributed by atoms with Gasteiger partial charge in [0.25, 0.3) is 0 Å². The third kappa shape index (κ3) is 4.03. The molecule has 3 nitrogen and oxygen atoms in total. The molecule has 1 aromatic rings. The first kappa shape index (κ1) is 13.4. The molecule has 0 aliphatic rings. The predicted molar refractivity (Wildman–Crippen MR) is 52.1 cm³/mol. The van der Waals surface area contributed by atoms with Gasteiger partial charge in [-0.05, 0) is 12.1 Å². The molecule has 0 fully saturated rings. The second kappa shape index (κ2) is 5.13. The Kier molecular flexibility index (Phi) is 4.06. The molecule has 0 spiro atoms. The first-order valence-electron chi connectivity index (χ1n) is 4.66. The smallest absolute Gasteiger partial charge is 0.292 e. The molecule has 94 valence electrons. The summed E-state index contributed by atoms with van der Waals surface area (Å²) in [6, 6.07) is 2.23. The molecular weight excluding hydrogens is 240 g/mol. The number of alkyl halides is 3. The number of hydrogen-bond acceptors (Lipinski definition) is 2. The monoisotopic (exact) mass is 250 g/mol. The average molecular weight is 250 g/mol. The highest BCUT2D eigenvalue weighted by molar-refractivity contribution is 5.72. The van der Waals surface area contributed by atoms with Crippen molar-refractivity contribution in [1.29, 1.82) is 0 Å². The lowest BCUT2D eigenvalue weighted by molar-refractivity contribution is -0.137. The van der Waals surface area contributed by atoms with Crippen LogP contribution >= 0.6 is 0 Å². The summed E-state index contributed by atoms with van der Waals surface area (Å²) in [5.41, 5.74) is 3.56. The molecule has 0 heterocycles. The normalized spacial score (nSPS) is 11.4. The molecular formula is C10H10F4N2O. The first-order valence-corrected chi connectivity index (χ1v) is 4.66. The van der Waals surface area contributed by atoms with Crippen LogP contribution in [0.1, 0.15) is 18.1 Å². The number of amides is 1. The van der Waals surface area contributed by atoms with Gasteiger partial charge in [-0.1, -0.05) is 6.07 Å². The van der Waals surface area contributed by atoms with Gasteiger partial charge in [0, 0.05) is 19.0 Å². The number of halogens is 4. The molecule has 1 rings (SSSR count). The largest absolute Gasteiger partial charge is 0.416 e. The van der Waals surface area contributed by atoms with Crippen LogP contribution in [0.4, 0.5) is 17.6 Å². The highest BCUT2D eigenvalue weighted by atomic mass is 19.4. The molecule has 0 aromatic heterocycles. The van der Waals surface area contributed by atoms with Crippen molar-refractivity contribution in [2.75, 3.05) is 0 Å². The minimum atomic E-state index is -4.57. The van der Waals surface area contributed by atoms with Crippen LogP contribution in [0.5, 0.6) is 0 Å². The van der Waals surface area contributed by atoms with Gasteiger partial charge in [-0.15, -0.1) is 0 Å². The lowest BCUT2D eigenvalue weighted by Gasteiger charge is -2.10. The Hall–Kier alpha value is -1.63. The average Bonchev–Trinajstić information content (AvgIpc) is 2.18. The van der Waals surface area contributed by atoms with Crippen LogP contribution in [0.2, 0.25) is 0 Å². The lowest BCUT2D eigenvalue weighted by Crippen LogP contribution is -2.35. The Morgan fingerprint density at radius 2 is 2.00 bits per heavy atom. The highest BCUT2D eigenvalue weighted by Crippen LogP contribution is 2.30. The van der Waals surface area contributed by atoms with Crippen molar-refractivity contribution >= 4 is 5.91 Å². The first-order chi connectivity index (χ1) is 7.80. The number of benzene rings is 1. The van der Waals surface area contributed by atoms with E-state index in [-0.39, 0.29) is 18.0 Å². The SMILES string of the molecule is CC(=O)NNCc1ccc(C(F)(F)F)cc1F. The number of rotatable bonds is 3. The number of carbonyl (C=O) groups excluding carboxylic acids is 1. The van der Waals surface area contributed by atoms with E-state index in [0.29, 0.717) is 6.07 Å². The second-order valence-corrected chi connectivity index (χ2v) is 3.34. The van der Waals surface area contributed by atoms with E-state index < -0.39 is 17.6 Å². The van der Waals surface area contributed by atoms with Gasteiger partial charge in [0.05, 0.1) is 5.56 Å². The zero-order chi connectivity index (χ0) is 13.1. The zero-order valence-electron chi connectivity index (χ0n) is 8.86. The lowest BCUT2D eigenvalue weighted by atomic mass is 10.1. The minimum Gasteiger partial charge on any atom is -0.292 e. The zero-order valence-corrected chi connectivity index (χ0v) is 8.86. The maximum Gasteiger partial charge on any atom is 0.416 e. The van der Waals surface area contributed by atoms with Gasteiger partial charge >= 0.3 is 6.18 Å². The molecule has 1 aromatic carbocycles. The van der Waals surface area contributed by atoms with Crippen LogP contribution in [-0.4, -0.2) is 5.91 Å². The van der Waals surface area contributed by atoms with Gasteiger partial charge in [-0.25, -0.2) is 9.82 Å². The second-order valence-electron chi connectivity index (χ2n) is 3.34. The fraction of sp³-hybridized carbons (Fsp3) is 0.300. The molecule has 1 amide bonds. The number of hydrogen-bond donors (Lipinski definition) is 2. The Bertz CT molecular complexity index is 417. The van der Waals surface area contributed by atoms with Gasteiger partial charge < -0.3 is 0 Å². The van der Waals surface area contributed by atoms with Crippen LogP contribution in [-0.2, 0) is 17.5 Å². The summed E-state index contributed by atoms with van der Waals surface area (Å²) in [4.78, 5) is 10.5. The molecule has 0 atom stereocenters. The molecule has 0 bridgehead atoms. The fourth-order valence-electron chi connectivity index (χ4n) is 1.13. The summed E-state index contributed by atoms with van der Waals surface area (Å²) < 4.78 is 49.9. The Morgan fingerprint density at radius 1 is 1.35 bits per heavy atom. The maximum absolute atomic E-state index is 13.3. The molecule has 0 aliphatic heterocycles.